The van der Waals surface area contributed by atoms with Crippen molar-refractivity contribution in [1.82, 2.24) is 28.5 Å². The van der Waals surface area contributed by atoms with Gasteiger partial charge in [0.05, 0.1) is 12.9 Å². The molecule has 0 amide bonds. The van der Waals surface area contributed by atoms with E-state index in [2.05, 4.69) is 14.8 Å². The Morgan fingerprint density at radius 1 is 1.04 bits per heavy atom. The number of aliphatic hydroxyl groups is 1. The number of fused-ring (bicyclic) bond motifs is 1. The molecule has 1 saturated heterocycles. The minimum atomic E-state index is -0.316. The van der Waals surface area contributed by atoms with E-state index in [1.54, 1.807) is 25.0 Å². The summed E-state index contributed by atoms with van der Waals surface area (Å²) in [4.78, 5) is 33.8. The molecule has 0 radical (unpaired) electrons. The van der Waals surface area contributed by atoms with Crippen LogP contribution >= 0.6 is 0 Å². The van der Waals surface area contributed by atoms with Crippen molar-refractivity contribution in [3.63, 3.8) is 0 Å². The lowest BCUT2D eigenvalue weighted by molar-refractivity contribution is 0.111. The molecule has 0 spiro atoms. The minimum Gasteiger partial charge on any atom is -0.395 e. The zero-order valence-electron chi connectivity index (χ0n) is 14.9. The van der Waals surface area contributed by atoms with Gasteiger partial charge in [0.25, 0.3) is 5.56 Å². The summed E-state index contributed by atoms with van der Waals surface area (Å²) in [6.45, 7) is 5.98. The quantitative estimate of drug-likeness (QED) is 0.677. The van der Waals surface area contributed by atoms with Crippen LogP contribution in [-0.2, 0) is 20.6 Å². The third-order valence-corrected chi connectivity index (χ3v) is 4.94. The Morgan fingerprint density at radius 3 is 2.32 bits per heavy atom. The number of imidazole rings is 1. The van der Waals surface area contributed by atoms with Gasteiger partial charge in [-0.05, 0) is 13.0 Å². The largest absolute Gasteiger partial charge is 0.395 e. The van der Waals surface area contributed by atoms with Gasteiger partial charge < -0.3 is 14.6 Å². The van der Waals surface area contributed by atoms with Crippen LogP contribution in [0.4, 0.5) is 0 Å². The van der Waals surface area contributed by atoms with E-state index in [1.165, 1.54) is 9.13 Å². The van der Waals surface area contributed by atoms with Gasteiger partial charge in [0.1, 0.15) is 0 Å². The highest BCUT2D eigenvalue weighted by molar-refractivity contribution is 5.69. The number of aryl methyl sites for hydroxylation is 2. The van der Waals surface area contributed by atoms with Crippen molar-refractivity contribution < 1.29 is 5.11 Å². The first-order chi connectivity index (χ1) is 12.0. The molecule has 2 aromatic heterocycles. The number of rotatable bonds is 6. The van der Waals surface area contributed by atoms with E-state index < -0.39 is 0 Å². The van der Waals surface area contributed by atoms with Gasteiger partial charge in [-0.2, -0.15) is 0 Å². The maximum Gasteiger partial charge on any atom is 0.332 e. The Balaban J connectivity index is 1.65. The van der Waals surface area contributed by atoms with Crippen LogP contribution in [0.25, 0.3) is 11.2 Å². The second-order valence-corrected chi connectivity index (χ2v) is 6.59. The summed E-state index contributed by atoms with van der Waals surface area (Å²) in [5, 5.41) is 8.98. The maximum atomic E-state index is 12.6. The molecule has 9 nitrogen and oxygen atoms in total. The summed E-state index contributed by atoms with van der Waals surface area (Å²) in [7, 11) is 3.41. The predicted molar refractivity (Wildman–Crippen MR) is 94.8 cm³/mol. The smallest absolute Gasteiger partial charge is 0.332 e. The normalized spacial score (nSPS) is 16.8. The van der Waals surface area contributed by atoms with Crippen molar-refractivity contribution in [2.45, 2.75) is 13.0 Å². The molecular weight excluding hydrogens is 324 g/mol. The van der Waals surface area contributed by atoms with Crippen molar-refractivity contribution in [1.29, 1.82) is 0 Å². The number of nitrogens with zero attached hydrogens (tertiary/aromatic N) is 6. The van der Waals surface area contributed by atoms with Gasteiger partial charge in [0, 0.05) is 53.4 Å². The summed E-state index contributed by atoms with van der Waals surface area (Å²) >= 11 is 0. The van der Waals surface area contributed by atoms with Crippen LogP contribution in [0.15, 0.2) is 15.9 Å². The van der Waals surface area contributed by atoms with Gasteiger partial charge in [0.15, 0.2) is 11.2 Å². The Hall–Kier alpha value is -1.97. The Bertz CT molecular complexity index is 844. The molecule has 3 rings (SSSR count). The molecule has 1 fully saturated rings. The van der Waals surface area contributed by atoms with Crippen LogP contribution in [0, 0.1) is 0 Å². The molecule has 1 aliphatic rings. The molecule has 0 unspecified atom stereocenters. The number of β-amino-alcohol motifs (C(OH)–C–C–N with tert-alkyl or cyclic N) is 1. The van der Waals surface area contributed by atoms with Gasteiger partial charge in [-0.1, -0.05) is 0 Å². The molecule has 0 atom stereocenters. The topological polar surface area (TPSA) is 88.5 Å². The zero-order chi connectivity index (χ0) is 18.0. The van der Waals surface area contributed by atoms with E-state index in [0.717, 1.165) is 45.7 Å². The van der Waals surface area contributed by atoms with Crippen molar-refractivity contribution in [2.24, 2.45) is 14.1 Å². The van der Waals surface area contributed by atoms with Crippen LogP contribution in [0.5, 0.6) is 0 Å². The second-order valence-electron chi connectivity index (χ2n) is 6.59. The van der Waals surface area contributed by atoms with E-state index in [1.807, 2.05) is 0 Å². The van der Waals surface area contributed by atoms with Crippen LogP contribution in [0.3, 0.4) is 0 Å². The molecule has 1 aliphatic heterocycles. The number of aliphatic hydroxyl groups excluding tert-OH is 1. The van der Waals surface area contributed by atoms with Crippen molar-refractivity contribution in [3.05, 3.63) is 27.2 Å². The van der Waals surface area contributed by atoms with E-state index >= 15 is 0 Å². The summed E-state index contributed by atoms with van der Waals surface area (Å²) in [6, 6.07) is 0. The number of piperazine rings is 1. The Morgan fingerprint density at radius 2 is 1.68 bits per heavy atom. The highest BCUT2D eigenvalue weighted by atomic mass is 16.3. The first-order valence-electron chi connectivity index (χ1n) is 8.69. The fourth-order valence-electron chi connectivity index (χ4n) is 3.42. The summed E-state index contributed by atoms with van der Waals surface area (Å²) in [5.41, 5.74) is 0.295. The summed E-state index contributed by atoms with van der Waals surface area (Å²) in [5.74, 6) is 0. The molecule has 0 aromatic carbocycles. The van der Waals surface area contributed by atoms with Gasteiger partial charge >= 0.3 is 5.69 Å². The van der Waals surface area contributed by atoms with Gasteiger partial charge in [0.2, 0.25) is 0 Å². The van der Waals surface area contributed by atoms with Gasteiger partial charge in [-0.3, -0.25) is 18.8 Å². The molecule has 138 valence electrons. The molecule has 9 heteroatoms. The average molecular weight is 350 g/mol. The lowest BCUT2D eigenvalue weighted by Crippen LogP contribution is -2.47. The fourth-order valence-corrected chi connectivity index (χ4v) is 3.42. The van der Waals surface area contributed by atoms with E-state index in [9.17, 15) is 9.59 Å². The molecule has 0 aliphatic carbocycles. The minimum absolute atomic E-state index is 0.197. The highest BCUT2D eigenvalue weighted by Crippen LogP contribution is 2.05. The third-order valence-electron chi connectivity index (χ3n) is 4.94. The predicted octanol–water partition coefficient (Wildman–Crippen LogP) is -1.57. The molecule has 25 heavy (non-hydrogen) atoms. The standard InChI is InChI=1S/C16H26N6O3/c1-18-12-17-14-13(18)15(24)22(16(25)19(14)2)5-3-4-20-6-8-21(9-7-20)10-11-23/h12,23H,3-11H2,1-2H3. The monoisotopic (exact) mass is 350 g/mol. The van der Waals surface area contributed by atoms with Gasteiger partial charge in [-0.25, -0.2) is 9.78 Å². The third kappa shape index (κ3) is 3.53. The van der Waals surface area contributed by atoms with Crippen LogP contribution in [-0.4, -0.2) is 79.5 Å². The number of hydrogen-bond acceptors (Lipinski definition) is 6. The summed E-state index contributed by atoms with van der Waals surface area (Å²) < 4.78 is 4.41. The fraction of sp³-hybridized carbons (Fsp3) is 0.688. The van der Waals surface area contributed by atoms with Gasteiger partial charge in [-0.15, -0.1) is 0 Å². The lowest BCUT2D eigenvalue weighted by Gasteiger charge is -2.34. The SMILES string of the molecule is Cn1cnc2c1c(=O)n(CCCN1CCN(CCO)CC1)c(=O)n2C. The number of hydrogen-bond donors (Lipinski definition) is 1. The molecule has 0 bridgehead atoms. The molecule has 1 N–H and O–H groups in total. The first kappa shape index (κ1) is 17.8. The molecular formula is C16H26N6O3. The summed E-state index contributed by atoms with van der Waals surface area (Å²) in [6.07, 6.45) is 2.31. The van der Waals surface area contributed by atoms with Crippen LogP contribution in [0.1, 0.15) is 6.42 Å². The highest BCUT2D eigenvalue weighted by Gasteiger charge is 2.17. The second kappa shape index (κ2) is 7.51. The maximum absolute atomic E-state index is 12.6. The Kier molecular flexibility index (Phi) is 5.36. The molecule has 2 aromatic rings. The average Bonchev–Trinajstić information content (AvgIpc) is 3.00. The first-order valence-corrected chi connectivity index (χ1v) is 8.69. The van der Waals surface area contributed by atoms with Crippen LogP contribution < -0.4 is 11.2 Å². The lowest BCUT2D eigenvalue weighted by atomic mass is 10.3. The number of aromatic nitrogens is 4. The van der Waals surface area contributed by atoms with E-state index in [0.29, 0.717) is 17.7 Å². The van der Waals surface area contributed by atoms with Crippen molar-refractivity contribution in [2.75, 3.05) is 45.9 Å². The Labute approximate surface area is 145 Å². The zero-order valence-corrected chi connectivity index (χ0v) is 14.9. The van der Waals surface area contributed by atoms with Crippen molar-refractivity contribution >= 4 is 11.2 Å². The molecule has 3 heterocycles. The van der Waals surface area contributed by atoms with Crippen LogP contribution in [0.2, 0.25) is 0 Å². The molecule has 0 saturated carbocycles. The van der Waals surface area contributed by atoms with Crippen molar-refractivity contribution in [3.8, 4) is 0 Å². The van der Waals surface area contributed by atoms with E-state index in [4.69, 9.17) is 5.11 Å². The van der Waals surface area contributed by atoms with E-state index in [-0.39, 0.29) is 17.9 Å².